The predicted molar refractivity (Wildman–Crippen MR) is 114 cm³/mol. The van der Waals surface area contributed by atoms with E-state index < -0.39 is 28.2 Å². The second kappa shape index (κ2) is 10.5. The van der Waals surface area contributed by atoms with Crippen molar-refractivity contribution >= 4 is 33.8 Å². The Morgan fingerprint density at radius 1 is 1.10 bits per heavy atom. The lowest BCUT2D eigenvalue weighted by Crippen LogP contribution is -2.45. The van der Waals surface area contributed by atoms with Gasteiger partial charge in [-0.2, -0.15) is 17.9 Å². The molecule has 0 heterocycles. The minimum absolute atomic E-state index is 0.0775. The maximum atomic E-state index is 12.2. The van der Waals surface area contributed by atoms with Gasteiger partial charge in [-0.05, 0) is 48.4 Å². The highest BCUT2D eigenvalue weighted by molar-refractivity contribution is 7.87. The summed E-state index contributed by atoms with van der Waals surface area (Å²) in [4.78, 5) is 27.0. The van der Waals surface area contributed by atoms with E-state index in [0.717, 1.165) is 0 Å². The van der Waals surface area contributed by atoms with Crippen LogP contribution in [0.2, 0.25) is 0 Å². The molecule has 0 aliphatic carbocycles. The molecule has 2 rings (SSSR count). The zero-order valence-electron chi connectivity index (χ0n) is 16.6. The number of guanidine groups is 1. The van der Waals surface area contributed by atoms with Crippen molar-refractivity contribution < 1.29 is 27.9 Å². The lowest BCUT2D eigenvalue weighted by Gasteiger charge is -2.13. The fraction of sp³-hybridized carbons (Fsp3) is 0.211. The molecule has 31 heavy (non-hydrogen) atoms. The number of rotatable bonds is 10. The topological polar surface area (TPSA) is 186 Å². The van der Waals surface area contributed by atoms with Crippen molar-refractivity contribution in [2.75, 3.05) is 0 Å². The van der Waals surface area contributed by atoms with Crippen molar-refractivity contribution in [3.05, 3.63) is 59.7 Å². The van der Waals surface area contributed by atoms with Crippen LogP contribution in [0.4, 0.5) is 5.69 Å². The molecule has 2 aromatic carbocycles. The van der Waals surface area contributed by atoms with E-state index in [1.807, 2.05) is 0 Å². The van der Waals surface area contributed by atoms with Gasteiger partial charge in [-0.1, -0.05) is 19.1 Å². The Labute approximate surface area is 179 Å². The van der Waals surface area contributed by atoms with Gasteiger partial charge in [0.05, 0.1) is 11.3 Å². The van der Waals surface area contributed by atoms with Gasteiger partial charge in [0.1, 0.15) is 11.8 Å². The molecule has 0 aliphatic heterocycles. The minimum atomic E-state index is -4.00. The fourth-order valence-corrected chi connectivity index (χ4v) is 3.46. The summed E-state index contributed by atoms with van der Waals surface area (Å²) in [6.45, 7) is 1.48. The van der Waals surface area contributed by atoms with E-state index in [-0.39, 0.29) is 24.7 Å². The summed E-state index contributed by atoms with van der Waals surface area (Å²) < 4.78 is 33.5. The zero-order chi connectivity index (χ0) is 23.0. The molecule has 0 saturated heterocycles. The molecule has 0 spiro atoms. The molecular weight excluding hydrogens is 426 g/mol. The summed E-state index contributed by atoms with van der Waals surface area (Å²) in [7, 11) is -4.00. The van der Waals surface area contributed by atoms with Crippen LogP contribution in [0.5, 0.6) is 5.75 Å². The standard InChI is InChI=1S/C19H23N5O6S/c1-2-16(17(25)26)24-31(28,29)22-11-12-3-9-15(10-4-12)30-18(27)13-5-7-14(8-6-13)23-19(20)21/h3-10,16,22,24H,2,11H2,1H3,(H,25,26)(H4,20,21,23)/t16-/m0/s1. The number of nitrogens with zero attached hydrogens (tertiary/aromatic N) is 1. The number of carboxylic acid groups (broad SMARTS) is 1. The van der Waals surface area contributed by atoms with Crippen molar-refractivity contribution in [3.63, 3.8) is 0 Å². The van der Waals surface area contributed by atoms with Gasteiger partial charge in [0.2, 0.25) is 0 Å². The molecule has 0 saturated carbocycles. The largest absolute Gasteiger partial charge is 0.480 e. The molecule has 11 nitrogen and oxygen atoms in total. The fourth-order valence-electron chi connectivity index (χ4n) is 2.38. The summed E-state index contributed by atoms with van der Waals surface area (Å²) in [5, 5.41) is 8.94. The first-order valence-electron chi connectivity index (χ1n) is 9.10. The first kappa shape index (κ1) is 23.8. The zero-order valence-corrected chi connectivity index (χ0v) is 17.4. The Hall–Kier alpha value is -3.48. The maximum Gasteiger partial charge on any atom is 0.343 e. The van der Waals surface area contributed by atoms with E-state index >= 15 is 0 Å². The van der Waals surface area contributed by atoms with Gasteiger partial charge < -0.3 is 21.3 Å². The van der Waals surface area contributed by atoms with E-state index in [9.17, 15) is 18.0 Å². The monoisotopic (exact) mass is 449 g/mol. The van der Waals surface area contributed by atoms with Gasteiger partial charge in [-0.15, -0.1) is 0 Å². The molecule has 7 N–H and O–H groups in total. The van der Waals surface area contributed by atoms with Crippen LogP contribution in [0, 0.1) is 0 Å². The SMILES string of the molecule is CC[C@H](NS(=O)(=O)NCc1ccc(OC(=O)c2ccc(N=C(N)N)cc2)cc1)C(=O)O. The van der Waals surface area contributed by atoms with Crippen LogP contribution in [0.15, 0.2) is 53.5 Å². The molecule has 12 heteroatoms. The van der Waals surface area contributed by atoms with Gasteiger partial charge in [-0.3, -0.25) is 4.79 Å². The second-order valence-electron chi connectivity index (χ2n) is 6.36. The maximum absolute atomic E-state index is 12.2. The molecule has 0 aromatic heterocycles. The molecule has 0 amide bonds. The third-order valence-corrected chi connectivity index (χ3v) is 5.08. The molecule has 0 fully saturated rings. The first-order chi connectivity index (χ1) is 14.6. The number of benzene rings is 2. The average Bonchev–Trinajstić information content (AvgIpc) is 2.71. The second-order valence-corrected chi connectivity index (χ2v) is 7.89. The number of hydrogen-bond acceptors (Lipinski definition) is 6. The summed E-state index contributed by atoms with van der Waals surface area (Å²) in [6, 6.07) is 11.1. The van der Waals surface area contributed by atoms with Crippen molar-refractivity contribution in [2.24, 2.45) is 16.5 Å². The van der Waals surface area contributed by atoms with Gasteiger partial charge >= 0.3 is 11.9 Å². The number of ether oxygens (including phenoxy) is 1. The molecule has 0 unspecified atom stereocenters. The van der Waals surface area contributed by atoms with Crippen LogP contribution in [0.25, 0.3) is 0 Å². The van der Waals surface area contributed by atoms with Crippen molar-refractivity contribution in [1.82, 2.24) is 9.44 Å². The van der Waals surface area contributed by atoms with Crippen LogP contribution >= 0.6 is 0 Å². The van der Waals surface area contributed by atoms with Crippen LogP contribution in [0.1, 0.15) is 29.3 Å². The summed E-state index contributed by atoms with van der Waals surface area (Å²) in [5.74, 6) is -1.68. The Morgan fingerprint density at radius 2 is 1.71 bits per heavy atom. The molecular formula is C19H23N5O6S. The number of carbonyl (C=O) groups is 2. The van der Waals surface area contributed by atoms with Gasteiger partial charge in [0, 0.05) is 6.54 Å². The van der Waals surface area contributed by atoms with Gasteiger partial charge in [-0.25, -0.2) is 9.79 Å². The summed E-state index contributed by atoms with van der Waals surface area (Å²) in [6.07, 6.45) is 0.104. The molecule has 1 atom stereocenters. The Kier molecular flexibility index (Phi) is 8.07. The smallest absolute Gasteiger partial charge is 0.343 e. The van der Waals surface area contributed by atoms with E-state index in [0.29, 0.717) is 16.8 Å². The van der Waals surface area contributed by atoms with Crippen LogP contribution < -0.4 is 25.6 Å². The quantitative estimate of drug-likeness (QED) is 0.151. The van der Waals surface area contributed by atoms with Gasteiger partial charge in [0.25, 0.3) is 10.2 Å². The van der Waals surface area contributed by atoms with E-state index in [4.69, 9.17) is 21.3 Å². The molecule has 2 aromatic rings. The third-order valence-electron chi connectivity index (χ3n) is 3.97. The molecule has 0 aliphatic rings. The average molecular weight is 449 g/mol. The third kappa shape index (κ3) is 7.70. The Balaban J connectivity index is 1.93. The molecule has 0 bridgehead atoms. The highest BCUT2D eigenvalue weighted by Crippen LogP contribution is 2.17. The number of nitrogens with two attached hydrogens (primary N) is 2. The Bertz CT molecular complexity index is 1050. The van der Waals surface area contributed by atoms with Crippen molar-refractivity contribution in [2.45, 2.75) is 25.9 Å². The first-order valence-corrected chi connectivity index (χ1v) is 10.6. The lowest BCUT2D eigenvalue weighted by atomic mass is 10.2. The number of carboxylic acids is 1. The summed E-state index contributed by atoms with van der Waals surface area (Å²) in [5.41, 5.74) is 11.9. The van der Waals surface area contributed by atoms with Crippen molar-refractivity contribution in [3.8, 4) is 5.75 Å². The van der Waals surface area contributed by atoms with Crippen LogP contribution in [0.3, 0.4) is 0 Å². The molecule has 166 valence electrons. The highest BCUT2D eigenvalue weighted by atomic mass is 32.2. The number of hydrogen-bond donors (Lipinski definition) is 5. The minimum Gasteiger partial charge on any atom is -0.480 e. The normalized spacial score (nSPS) is 12.0. The van der Waals surface area contributed by atoms with E-state index in [1.54, 1.807) is 31.2 Å². The van der Waals surface area contributed by atoms with E-state index in [2.05, 4.69) is 14.4 Å². The highest BCUT2D eigenvalue weighted by Gasteiger charge is 2.21. The number of aliphatic carboxylic acids is 1. The van der Waals surface area contributed by atoms with Gasteiger partial charge in [0.15, 0.2) is 5.96 Å². The summed E-state index contributed by atoms with van der Waals surface area (Å²) >= 11 is 0. The number of esters is 1. The van der Waals surface area contributed by atoms with Crippen molar-refractivity contribution in [1.29, 1.82) is 0 Å². The number of nitrogens with one attached hydrogen (secondary N) is 2. The number of aliphatic imine (C=N–C) groups is 1. The van der Waals surface area contributed by atoms with E-state index in [1.165, 1.54) is 24.3 Å². The number of carbonyl (C=O) groups excluding carboxylic acids is 1. The molecule has 0 radical (unpaired) electrons. The lowest BCUT2D eigenvalue weighted by molar-refractivity contribution is -0.139. The van der Waals surface area contributed by atoms with Crippen LogP contribution in [-0.4, -0.2) is 37.5 Å². The Morgan fingerprint density at radius 3 is 2.23 bits per heavy atom. The predicted octanol–water partition coefficient (Wildman–Crippen LogP) is 0.598. The van der Waals surface area contributed by atoms with Crippen LogP contribution in [-0.2, 0) is 21.5 Å².